The Balaban J connectivity index is 3.15. The summed E-state index contributed by atoms with van der Waals surface area (Å²) in [5, 5.41) is 0. The van der Waals surface area contributed by atoms with Crippen molar-refractivity contribution in [1.29, 1.82) is 0 Å². The second-order valence-electron chi connectivity index (χ2n) is 3.70. The van der Waals surface area contributed by atoms with Crippen molar-refractivity contribution >= 4 is 48.8 Å². The molecule has 0 saturated carbocycles. The molecule has 0 atom stereocenters. The molecule has 0 N–H and O–H groups in total. The molecule has 0 aliphatic heterocycles. The van der Waals surface area contributed by atoms with E-state index < -0.39 is 3.79 Å². The summed E-state index contributed by atoms with van der Waals surface area (Å²) < 4.78 is -1.18. The van der Waals surface area contributed by atoms with Gasteiger partial charge in [-0.05, 0) is 18.4 Å². The molecule has 0 aromatic rings. The maximum atomic E-state index is 5.60. The number of alkyl halides is 3. The lowest BCUT2D eigenvalue weighted by atomic mass is 10.1. The van der Waals surface area contributed by atoms with Crippen LogP contribution in [0.4, 0.5) is 0 Å². The summed E-state index contributed by atoms with van der Waals surface area (Å²) in [7, 11) is 1.14. The van der Waals surface area contributed by atoms with E-state index in [0.717, 1.165) is 14.4 Å². The van der Waals surface area contributed by atoms with Crippen molar-refractivity contribution in [2.24, 2.45) is 0 Å². The van der Waals surface area contributed by atoms with Crippen LogP contribution in [0.1, 0.15) is 51.9 Å². The zero-order valence-electron chi connectivity index (χ0n) is 9.32. The monoisotopic (exact) mass is 288 g/mol. The molecule has 0 aromatic heterocycles. The Morgan fingerprint density at radius 2 is 1.47 bits per heavy atom. The summed E-state index contributed by atoms with van der Waals surface area (Å²) in [5.74, 6) is 1.73. The lowest BCUT2D eigenvalue weighted by molar-refractivity contribution is 0.603. The minimum absolute atomic E-state index is 1.11. The van der Waals surface area contributed by atoms with E-state index in [4.69, 9.17) is 34.8 Å². The highest BCUT2D eigenvalue weighted by atomic mass is 35.6. The third-order valence-electron chi connectivity index (χ3n) is 2.13. The van der Waals surface area contributed by atoms with Gasteiger partial charge in [-0.15, -0.1) is 8.20 Å². The second-order valence-corrected chi connectivity index (χ2v) is 7.14. The van der Waals surface area contributed by atoms with Crippen LogP contribution in [0.2, 0.25) is 0 Å². The van der Waals surface area contributed by atoms with Gasteiger partial charge in [0.25, 0.3) is 0 Å². The van der Waals surface area contributed by atoms with Crippen molar-refractivity contribution in [1.82, 2.24) is 0 Å². The first kappa shape index (κ1) is 16.0. The van der Waals surface area contributed by atoms with Gasteiger partial charge in [-0.2, -0.15) is 0 Å². The predicted molar refractivity (Wildman–Crippen MR) is 76.1 cm³/mol. The van der Waals surface area contributed by atoms with E-state index in [9.17, 15) is 0 Å². The molecule has 0 radical (unpaired) electrons. The number of hydrogen-bond acceptors (Lipinski definition) is 0. The van der Waals surface area contributed by atoms with Crippen molar-refractivity contribution in [3.8, 4) is 0 Å². The summed E-state index contributed by atoms with van der Waals surface area (Å²) in [6.45, 7) is 2.24. The van der Waals surface area contributed by atoms with Crippen LogP contribution in [0.25, 0.3) is 0 Å². The Bertz CT molecular complexity index is 164. The van der Waals surface area contributed by atoms with Gasteiger partial charge in [0.15, 0.2) is 0 Å². The van der Waals surface area contributed by atoms with E-state index >= 15 is 0 Å². The molecule has 0 aromatic carbocycles. The summed E-state index contributed by atoms with van der Waals surface area (Å²) in [4.78, 5) is 0. The Morgan fingerprint density at radius 3 is 2.00 bits per heavy atom. The molecule has 0 aliphatic rings. The zero-order valence-corrected chi connectivity index (χ0v) is 12.5. The number of rotatable bonds is 8. The van der Waals surface area contributed by atoms with Crippen LogP contribution in [0.3, 0.4) is 0 Å². The normalized spacial score (nSPS) is 12.5. The van der Waals surface area contributed by atoms with Crippen molar-refractivity contribution in [3.63, 3.8) is 0 Å². The molecule has 0 unspecified atom stereocenters. The fourth-order valence-electron chi connectivity index (χ4n) is 1.33. The molecule has 0 fully saturated rings. The van der Waals surface area contributed by atoms with Gasteiger partial charge in [0.05, 0.1) is 0 Å². The first-order valence-corrected chi connectivity index (χ1v) is 7.92. The van der Waals surface area contributed by atoms with E-state index in [1.807, 2.05) is 0 Å². The third kappa shape index (κ3) is 15.0. The van der Waals surface area contributed by atoms with Crippen LogP contribution in [-0.4, -0.2) is 15.8 Å². The van der Waals surface area contributed by atoms with Gasteiger partial charge in [0, 0.05) is 0 Å². The molecule has 0 amide bonds. The average Bonchev–Trinajstić information content (AvgIpc) is 2.14. The highest BCUT2D eigenvalue weighted by molar-refractivity contribution is 7.39. The van der Waals surface area contributed by atoms with Gasteiger partial charge in [-0.1, -0.05) is 80.3 Å². The van der Waals surface area contributed by atoms with Gasteiger partial charge < -0.3 is 0 Å². The van der Waals surface area contributed by atoms with Crippen LogP contribution in [0, 0.1) is 0 Å². The molecule has 0 saturated heterocycles. The standard InChI is InChI=1S/C11H20Cl3P/c1-2-3-4-5-6-7-8-9-15-10-11(12,13)14/h10H,2-9H2,1H3. The highest BCUT2D eigenvalue weighted by Crippen LogP contribution is 2.25. The van der Waals surface area contributed by atoms with Crippen LogP contribution >= 0.6 is 43.0 Å². The molecular formula is C11H20Cl3P. The number of halogens is 3. The van der Waals surface area contributed by atoms with E-state index in [0.29, 0.717) is 0 Å². The molecule has 0 spiro atoms. The van der Waals surface area contributed by atoms with Crippen LogP contribution < -0.4 is 0 Å². The van der Waals surface area contributed by atoms with Crippen molar-refractivity contribution < 1.29 is 0 Å². The van der Waals surface area contributed by atoms with Crippen LogP contribution in [0.5, 0.6) is 0 Å². The molecule has 90 valence electrons. The van der Waals surface area contributed by atoms with Crippen molar-refractivity contribution in [2.45, 2.75) is 55.7 Å². The third-order valence-corrected chi connectivity index (χ3v) is 4.06. The Kier molecular flexibility index (Phi) is 10.9. The molecule has 4 heteroatoms. The van der Waals surface area contributed by atoms with Crippen molar-refractivity contribution in [3.05, 3.63) is 0 Å². The average molecular weight is 290 g/mol. The van der Waals surface area contributed by atoms with Gasteiger partial charge in [-0.3, -0.25) is 0 Å². The molecule has 15 heavy (non-hydrogen) atoms. The van der Waals surface area contributed by atoms with Gasteiger partial charge in [0.1, 0.15) is 0 Å². The molecular weight excluding hydrogens is 269 g/mol. The SMILES string of the molecule is CCCCCCCCCP=CC(Cl)(Cl)Cl. The Hall–Kier alpha value is 1.04. The first-order valence-electron chi connectivity index (χ1n) is 5.64. The fourth-order valence-corrected chi connectivity index (χ4v) is 2.69. The van der Waals surface area contributed by atoms with Gasteiger partial charge in [-0.25, -0.2) is 0 Å². The first-order chi connectivity index (χ1) is 7.06. The summed E-state index contributed by atoms with van der Waals surface area (Å²) in [5.41, 5.74) is 0. The Morgan fingerprint density at radius 1 is 0.933 bits per heavy atom. The lowest BCUT2D eigenvalue weighted by Crippen LogP contribution is -2.00. The summed E-state index contributed by atoms with van der Waals surface area (Å²) >= 11 is 16.8. The van der Waals surface area contributed by atoms with Gasteiger partial charge >= 0.3 is 0 Å². The van der Waals surface area contributed by atoms with E-state index in [1.165, 1.54) is 44.9 Å². The molecule has 0 nitrogen and oxygen atoms in total. The largest absolute Gasteiger partial charge is 0.213 e. The van der Waals surface area contributed by atoms with Gasteiger partial charge in [0.2, 0.25) is 3.79 Å². The summed E-state index contributed by atoms with van der Waals surface area (Å²) in [6, 6.07) is 0. The van der Waals surface area contributed by atoms with E-state index in [1.54, 1.807) is 5.80 Å². The maximum Gasteiger partial charge on any atom is 0.213 e. The van der Waals surface area contributed by atoms with E-state index in [2.05, 4.69) is 6.92 Å². The smallest absolute Gasteiger partial charge is 0.105 e. The second kappa shape index (κ2) is 10.2. The fraction of sp³-hybridized carbons (Fsp3) is 0.909. The minimum Gasteiger partial charge on any atom is -0.105 e. The quantitative estimate of drug-likeness (QED) is 0.298. The van der Waals surface area contributed by atoms with E-state index in [-0.39, 0.29) is 0 Å². The lowest BCUT2D eigenvalue weighted by Gasteiger charge is -2.02. The Labute approximate surface area is 110 Å². The maximum absolute atomic E-state index is 5.60. The number of unbranched alkanes of at least 4 members (excludes halogenated alkanes) is 6. The topological polar surface area (TPSA) is 0 Å². The number of hydrogen-bond donors (Lipinski definition) is 0. The van der Waals surface area contributed by atoms with Crippen LogP contribution in [0.15, 0.2) is 0 Å². The predicted octanol–water partition coefficient (Wildman–Crippen LogP) is 5.86. The molecule has 0 aliphatic carbocycles. The molecule has 0 bridgehead atoms. The summed E-state index contributed by atoms with van der Waals surface area (Å²) in [6.07, 6.45) is 10.5. The molecule has 0 rings (SSSR count). The highest BCUT2D eigenvalue weighted by Gasteiger charge is 2.13. The van der Waals surface area contributed by atoms with Crippen molar-refractivity contribution in [2.75, 3.05) is 6.16 Å². The zero-order chi connectivity index (χ0) is 11.6. The molecule has 0 heterocycles. The minimum atomic E-state index is -1.18. The van der Waals surface area contributed by atoms with Crippen LogP contribution in [-0.2, 0) is 0 Å².